The van der Waals surface area contributed by atoms with Crippen LogP contribution in [0.5, 0.6) is 0 Å². The highest BCUT2D eigenvalue weighted by Crippen LogP contribution is 2.28. The first-order chi connectivity index (χ1) is 11.7. The Kier molecular flexibility index (Phi) is 5.66. The van der Waals surface area contributed by atoms with E-state index >= 15 is 0 Å². The van der Waals surface area contributed by atoms with Gasteiger partial charge in [-0.1, -0.05) is 17.3 Å². The molecule has 2 N–H and O–H groups in total. The SMILES string of the molecule is CN(C)c1ccc(C(CCCc2noc(C(F)(F)F)n2)C(N)=O)cc1. The van der Waals surface area contributed by atoms with Gasteiger partial charge in [0.1, 0.15) is 0 Å². The van der Waals surface area contributed by atoms with Crippen molar-refractivity contribution in [1.82, 2.24) is 10.1 Å². The van der Waals surface area contributed by atoms with Gasteiger partial charge in [0, 0.05) is 26.2 Å². The Morgan fingerprint density at radius 3 is 2.40 bits per heavy atom. The molecule has 0 aliphatic heterocycles. The molecule has 1 unspecified atom stereocenters. The number of nitrogens with two attached hydrogens (primary N) is 1. The molecule has 2 rings (SSSR count). The van der Waals surface area contributed by atoms with E-state index in [1.807, 2.05) is 43.3 Å². The van der Waals surface area contributed by atoms with Crippen molar-refractivity contribution in [3.05, 3.63) is 41.5 Å². The van der Waals surface area contributed by atoms with E-state index in [-0.39, 0.29) is 12.2 Å². The van der Waals surface area contributed by atoms with Gasteiger partial charge in [0.2, 0.25) is 5.91 Å². The highest BCUT2D eigenvalue weighted by Gasteiger charge is 2.38. The zero-order valence-electron chi connectivity index (χ0n) is 13.9. The summed E-state index contributed by atoms with van der Waals surface area (Å²) in [4.78, 5) is 16.9. The van der Waals surface area contributed by atoms with Gasteiger partial charge >= 0.3 is 12.1 Å². The molecule has 6 nitrogen and oxygen atoms in total. The lowest BCUT2D eigenvalue weighted by Crippen LogP contribution is -2.21. The first kappa shape index (κ1) is 18.8. The topological polar surface area (TPSA) is 85.2 Å². The number of carbonyl (C=O) groups is 1. The number of aryl methyl sites for hydroxylation is 1. The summed E-state index contributed by atoms with van der Waals surface area (Å²) in [5.74, 6) is -2.42. The smallest absolute Gasteiger partial charge is 0.378 e. The molecule has 136 valence electrons. The van der Waals surface area contributed by atoms with Gasteiger partial charge in [-0.25, -0.2) is 0 Å². The standard InChI is InChI=1S/C16H19F3N4O2/c1-23(2)11-8-6-10(7-9-11)12(14(20)24)4-3-5-13-21-15(25-22-13)16(17,18)19/h6-9,12H,3-5H2,1-2H3,(H2,20,24). The van der Waals surface area contributed by atoms with E-state index in [9.17, 15) is 18.0 Å². The van der Waals surface area contributed by atoms with Crippen LogP contribution in [0.25, 0.3) is 0 Å². The second kappa shape index (κ2) is 7.54. The van der Waals surface area contributed by atoms with E-state index in [2.05, 4.69) is 14.7 Å². The summed E-state index contributed by atoms with van der Waals surface area (Å²) < 4.78 is 41.4. The summed E-state index contributed by atoms with van der Waals surface area (Å²) in [5, 5.41) is 3.30. The maximum Gasteiger partial charge on any atom is 0.471 e. The van der Waals surface area contributed by atoms with E-state index < -0.39 is 23.9 Å². The lowest BCUT2D eigenvalue weighted by atomic mass is 9.92. The highest BCUT2D eigenvalue weighted by molar-refractivity contribution is 5.82. The largest absolute Gasteiger partial charge is 0.471 e. The van der Waals surface area contributed by atoms with Crippen LogP contribution in [0, 0.1) is 0 Å². The number of alkyl halides is 3. The molecule has 0 fully saturated rings. The van der Waals surface area contributed by atoms with Crippen LogP contribution >= 0.6 is 0 Å². The van der Waals surface area contributed by atoms with Crippen molar-refractivity contribution in [2.45, 2.75) is 31.4 Å². The van der Waals surface area contributed by atoms with Gasteiger partial charge in [-0.15, -0.1) is 0 Å². The summed E-state index contributed by atoms with van der Waals surface area (Å²) in [6.45, 7) is 0. The molecule has 1 atom stereocenters. The Morgan fingerprint density at radius 2 is 1.92 bits per heavy atom. The Bertz CT molecular complexity index is 711. The lowest BCUT2D eigenvalue weighted by Gasteiger charge is -2.16. The molecule has 2 aromatic rings. The van der Waals surface area contributed by atoms with Crippen molar-refractivity contribution in [2.75, 3.05) is 19.0 Å². The van der Waals surface area contributed by atoms with E-state index in [1.165, 1.54) is 0 Å². The molecule has 0 aliphatic rings. The maximum atomic E-state index is 12.4. The van der Waals surface area contributed by atoms with Crippen LogP contribution in [0.15, 0.2) is 28.8 Å². The van der Waals surface area contributed by atoms with Crippen molar-refractivity contribution < 1.29 is 22.5 Å². The van der Waals surface area contributed by atoms with E-state index in [0.29, 0.717) is 12.8 Å². The number of anilines is 1. The predicted molar refractivity (Wildman–Crippen MR) is 84.9 cm³/mol. The van der Waals surface area contributed by atoms with Crippen LogP contribution in [0.1, 0.15) is 36.0 Å². The molecule has 9 heteroatoms. The molecule has 25 heavy (non-hydrogen) atoms. The van der Waals surface area contributed by atoms with Crippen LogP contribution in [-0.4, -0.2) is 30.1 Å². The van der Waals surface area contributed by atoms with Crippen molar-refractivity contribution in [3.8, 4) is 0 Å². The summed E-state index contributed by atoms with van der Waals surface area (Å²) in [6.07, 6.45) is -3.71. The molecule has 0 spiro atoms. The number of nitrogens with zero attached hydrogens (tertiary/aromatic N) is 3. The van der Waals surface area contributed by atoms with Crippen LogP contribution < -0.4 is 10.6 Å². The van der Waals surface area contributed by atoms with Crippen LogP contribution in [0.4, 0.5) is 18.9 Å². The third-order valence-electron chi connectivity index (χ3n) is 3.76. The van der Waals surface area contributed by atoms with Crippen molar-refractivity contribution in [3.63, 3.8) is 0 Å². The van der Waals surface area contributed by atoms with E-state index in [1.54, 1.807) is 0 Å². The Hall–Kier alpha value is -2.58. The zero-order valence-corrected chi connectivity index (χ0v) is 13.9. The summed E-state index contributed by atoms with van der Waals surface area (Å²) >= 11 is 0. The number of halogens is 3. The summed E-state index contributed by atoms with van der Waals surface area (Å²) in [7, 11) is 3.81. The first-order valence-electron chi connectivity index (χ1n) is 7.65. The third kappa shape index (κ3) is 4.94. The number of benzene rings is 1. The second-order valence-electron chi connectivity index (χ2n) is 5.85. The first-order valence-corrected chi connectivity index (χ1v) is 7.65. The molecule has 0 radical (unpaired) electrons. The molecule has 1 aromatic heterocycles. The number of rotatable bonds is 7. The van der Waals surface area contributed by atoms with Gasteiger partial charge < -0.3 is 15.2 Å². The molecule has 0 saturated carbocycles. The number of hydrogen-bond acceptors (Lipinski definition) is 5. The number of aromatic nitrogens is 2. The number of carbonyl (C=O) groups excluding carboxylic acids is 1. The average Bonchev–Trinajstić information content (AvgIpc) is 3.00. The molecule has 1 aromatic carbocycles. The van der Waals surface area contributed by atoms with Gasteiger partial charge in [0.05, 0.1) is 5.92 Å². The Morgan fingerprint density at radius 1 is 1.28 bits per heavy atom. The van der Waals surface area contributed by atoms with Crippen LogP contribution in [0.2, 0.25) is 0 Å². The number of primary amides is 1. The van der Waals surface area contributed by atoms with Crippen LogP contribution in [-0.2, 0) is 17.4 Å². The second-order valence-corrected chi connectivity index (χ2v) is 5.85. The third-order valence-corrected chi connectivity index (χ3v) is 3.76. The van der Waals surface area contributed by atoms with E-state index in [0.717, 1.165) is 11.3 Å². The Balaban J connectivity index is 1.98. The van der Waals surface area contributed by atoms with Crippen molar-refractivity contribution >= 4 is 11.6 Å². The normalized spacial score (nSPS) is 12.8. The summed E-state index contributed by atoms with van der Waals surface area (Å²) in [6, 6.07) is 7.39. The van der Waals surface area contributed by atoms with Gasteiger partial charge in [-0.05, 0) is 30.5 Å². The fourth-order valence-corrected chi connectivity index (χ4v) is 2.41. The number of hydrogen-bond donors (Lipinski definition) is 1. The van der Waals surface area contributed by atoms with E-state index in [4.69, 9.17) is 5.73 Å². The fourth-order valence-electron chi connectivity index (χ4n) is 2.41. The van der Waals surface area contributed by atoms with Gasteiger partial charge in [-0.3, -0.25) is 4.79 Å². The number of amides is 1. The maximum absolute atomic E-state index is 12.4. The minimum absolute atomic E-state index is 0.0431. The van der Waals surface area contributed by atoms with Crippen LogP contribution in [0.3, 0.4) is 0 Å². The monoisotopic (exact) mass is 356 g/mol. The molecule has 0 bridgehead atoms. The van der Waals surface area contributed by atoms with Gasteiger partial charge in [0.25, 0.3) is 0 Å². The predicted octanol–water partition coefficient (Wildman–Crippen LogP) is 2.75. The highest BCUT2D eigenvalue weighted by atomic mass is 19.4. The molecular formula is C16H19F3N4O2. The van der Waals surface area contributed by atoms with Gasteiger partial charge in [0.15, 0.2) is 5.82 Å². The lowest BCUT2D eigenvalue weighted by molar-refractivity contribution is -0.159. The minimum Gasteiger partial charge on any atom is -0.378 e. The fraction of sp³-hybridized carbons (Fsp3) is 0.438. The van der Waals surface area contributed by atoms with Crippen molar-refractivity contribution in [2.24, 2.45) is 5.73 Å². The molecular weight excluding hydrogens is 337 g/mol. The minimum atomic E-state index is -4.66. The zero-order chi connectivity index (χ0) is 18.6. The molecule has 0 aliphatic carbocycles. The van der Waals surface area contributed by atoms with Crippen molar-refractivity contribution in [1.29, 1.82) is 0 Å². The average molecular weight is 356 g/mol. The summed E-state index contributed by atoms with van der Waals surface area (Å²) in [5.41, 5.74) is 7.21. The van der Waals surface area contributed by atoms with Gasteiger partial charge in [-0.2, -0.15) is 18.2 Å². The Labute approximate surface area is 142 Å². The molecule has 0 saturated heterocycles. The molecule has 1 amide bonds. The quantitative estimate of drug-likeness (QED) is 0.824. The molecule has 1 heterocycles.